The van der Waals surface area contributed by atoms with E-state index in [1.165, 1.54) is 29.2 Å². The van der Waals surface area contributed by atoms with Gasteiger partial charge in [-0.05, 0) is 65.9 Å². The first-order valence-electron chi connectivity index (χ1n) is 14.5. The van der Waals surface area contributed by atoms with Crippen LogP contribution < -0.4 is 9.62 Å². The van der Waals surface area contributed by atoms with Crippen molar-refractivity contribution in [3.8, 4) is 0 Å². The zero-order valence-electron chi connectivity index (χ0n) is 25.2. The van der Waals surface area contributed by atoms with Crippen LogP contribution in [-0.2, 0) is 32.6 Å². The minimum absolute atomic E-state index is 0.0290. The zero-order valence-corrected chi connectivity index (χ0v) is 26.0. The van der Waals surface area contributed by atoms with Crippen LogP contribution in [0.5, 0.6) is 0 Å². The molecule has 7 nitrogen and oxygen atoms in total. The molecule has 0 saturated heterocycles. The lowest BCUT2D eigenvalue weighted by Crippen LogP contribution is -2.53. The molecule has 0 bridgehead atoms. The van der Waals surface area contributed by atoms with E-state index in [4.69, 9.17) is 0 Å². The molecule has 230 valence electrons. The summed E-state index contributed by atoms with van der Waals surface area (Å²) in [6, 6.07) is 28.9. The Labute approximate surface area is 259 Å². The number of carbonyl (C=O) groups is 2. The Morgan fingerprint density at radius 2 is 1.45 bits per heavy atom. The molecule has 0 aliphatic heterocycles. The van der Waals surface area contributed by atoms with E-state index in [1.54, 1.807) is 48.5 Å². The van der Waals surface area contributed by atoms with Gasteiger partial charge in [-0.25, -0.2) is 12.8 Å². The third-order valence-electron chi connectivity index (χ3n) is 7.12. The number of rotatable bonds is 13. The number of anilines is 1. The number of benzene rings is 4. The van der Waals surface area contributed by atoms with Gasteiger partial charge in [0.2, 0.25) is 11.8 Å². The lowest BCUT2D eigenvalue weighted by Gasteiger charge is -2.34. The Hall–Kier alpha value is -4.50. The number of nitrogens with zero attached hydrogens (tertiary/aromatic N) is 2. The Kier molecular flexibility index (Phi) is 10.9. The highest BCUT2D eigenvalue weighted by atomic mass is 32.2. The second-order valence-corrected chi connectivity index (χ2v) is 13.0. The molecule has 1 atom stereocenters. The van der Waals surface area contributed by atoms with Crippen LogP contribution in [0.1, 0.15) is 30.5 Å². The highest BCUT2D eigenvalue weighted by molar-refractivity contribution is 7.92. The van der Waals surface area contributed by atoms with Crippen molar-refractivity contribution >= 4 is 27.5 Å². The van der Waals surface area contributed by atoms with Gasteiger partial charge in [0.1, 0.15) is 18.4 Å². The number of aryl methyl sites for hydroxylation is 1. The summed E-state index contributed by atoms with van der Waals surface area (Å²) in [6.45, 7) is 5.61. The molecular weight excluding hydrogens is 577 g/mol. The third kappa shape index (κ3) is 8.54. The molecule has 0 aliphatic carbocycles. The largest absolute Gasteiger partial charge is 0.354 e. The van der Waals surface area contributed by atoms with Crippen LogP contribution >= 0.6 is 0 Å². The molecule has 0 aliphatic rings. The van der Waals surface area contributed by atoms with Gasteiger partial charge in [-0.1, -0.05) is 86.6 Å². The van der Waals surface area contributed by atoms with Crippen LogP contribution in [0.25, 0.3) is 0 Å². The molecule has 4 rings (SSSR count). The molecule has 0 heterocycles. The first kappa shape index (κ1) is 32.4. The van der Waals surface area contributed by atoms with Crippen LogP contribution in [0.3, 0.4) is 0 Å². The maximum atomic E-state index is 14.4. The average molecular weight is 616 g/mol. The molecule has 0 radical (unpaired) electrons. The van der Waals surface area contributed by atoms with Crippen LogP contribution in [0.2, 0.25) is 0 Å². The van der Waals surface area contributed by atoms with E-state index in [1.807, 2.05) is 57.2 Å². The van der Waals surface area contributed by atoms with Crippen molar-refractivity contribution in [3.63, 3.8) is 0 Å². The van der Waals surface area contributed by atoms with Crippen molar-refractivity contribution in [1.29, 1.82) is 0 Å². The van der Waals surface area contributed by atoms with Gasteiger partial charge in [-0.3, -0.25) is 13.9 Å². The van der Waals surface area contributed by atoms with E-state index in [2.05, 4.69) is 5.32 Å². The second kappa shape index (κ2) is 14.8. The smallest absolute Gasteiger partial charge is 0.264 e. The van der Waals surface area contributed by atoms with Gasteiger partial charge in [0.15, 0.2) is 0 Å². The Morgan fingerprint density at radius 1 is 0.818 bits per heavy atom. The molecule has 0 aromatic heterocycles. The van der Waals surface area contributed by atoms with Crippen LogP contribution in [0.4, 0.5) is 10.1 Å². The Morgan fingerprint density at radius 3 is 2.07 bits per heavy atom. The van der Waals surface area contributed by atoms with Crippen molar-refractivity contribution in [1.82, 2.24) is 10.2 Å². The van der Waals surface area contributed by atoms with Gasteiger partial charge in [-0.2, -0.15) is 0 Å². The first-order valence-corrected chi connectivity index (χ1v) is 16.0. The SMILES string of the molecule is Cc1cccc(N(CC(=O)N(Cc2ccc(F)cc2)[C@H](Cc2ccccc2)C(=O)NCC(C)C)S(=O)(=O)c2ccccc2)c1. The van der Waals surface area contributed by atoms with E-state index in [0.717, 1.165) is 15.4 Å². The predicted molar refractivity (Wildman–Crippen MR) is 171 cm³/mol. The predicted octanol–water partition coefficient (Wildman–Crippen LogP) is 5.74. The molecule has 0 saturated carbocycles. The summed E-state index contributed by atoms with van der Waals surface area (Å²) < 4.78 is 42.9. The summed E-state index contributed by atoms with van der Waals surface area (Å²) in [5, 5.41) is 2.96. The topological polar surface area (TPSA) is 86.8 Å². The fraction of sp³-hybridized carbons (Fsp3) is 0.257. The zero-order chi connectivity index (χ0) is 31.7. The van der Waals surface area contributed by atoms with Crippen molar-refractivity contribution in [2.45, 2.75) is 44.7 Å². The molecule has 1 N–H and O–H groups in total. The van der Waals surface area contributed by atoms with E-state index in [9.17, 15) is 22.4 Å². The molecule has 4 aromatic carbocycles. The lowest BCUT2D eigenvalue weighted by molar-refractivity contribution is -0.140. The van der Waals surface area contributed by atoms with Gasteiger partial charge in [0, 0.05) is 19.5 Å². The van der Waals surface area contributed by atoms with Crippen molar-refractivity contribution in [2.75, 3.05) is 17.4 Å². The fourth-order valence-electron chi connectivity index (χ4n) is 4.79. The van der Waals surface area contributed by atoms with Gasteiger partial charge in [0.25, 0.3) is 10.0 Å². The normalized spacial score (nSPS) is 12.0. The van der Waals surface area contributed by atoms with Crippen molar-refractivity contribution in [2.24, 2.45) is 5.92 Å². The summed E-state index contributed by atoms with van der Waals surface area (Å²) in [6.07, 6.45) is 0.202. The van der Waals surface area contributed by atoms with Crippen LogP contribution in [0.15, 0.2) is 114 Å². The molecule has 0 unspecified atom stereocenters. The first-order chi connectivity index (χ1) is 21.0. The molecule has 2 amide bonds. The number of halogens is 1. The van der Waals surface area contributed by atoms with Crippen LogP contribution in [-0.4, -0.2) is 44.3 Å². The highest BCUT2D eigenvalue weighted by Crippen LogP contribution is 2.26. The average Bonchev–Trinajstić information content (AvgIpc) is 3.02. The van der Waals surface area contributed by atoms with E-state index in [-0.39, 0.29) is 29.7 Å². The standard InChI is InChI=1S/C35H38FN3O4S/c1-26(2)23-37-35(41)33(22-28-12-6-4-7-13-28)38(24-29-17-19-30(36)20-18-29)34(40)25-39(31-14-10-11-27(3)21-31)44(42,43)32-15-8-5-9-16-32/h4-21,26,33H,22-25H2,1-3H3,(H,37,41)/t33-/m1/s1. The van der Waals surface area contributed by atoms with E-state index < -0.39 is 34.3 Å². The summed E-state index contributed by atoms with van der Waals surface area (Å²) in [4.78, 5) is 29.6. The number of hydrogen-bond acceptors (Lipinski definition) is 4. The molecule has 0 spiro atoms. The summed E-state index contributed by atoms with van der Waals surface area (Å²) in [5.41, 5.74) is 2.58. The van der Waals surface area contributed by atoms with Crippen molar-refractivity contribution < 1.29 is 22.4 Å². The quantitative estimate of drug-likeness (QED) is 0.208. The summed E-state index contributed by atoms with van der Waals surface area (Å²) in [5.74, 6) is -1.19. The summed E-state index contributed by atoms with van der Waals surface area (Å²) >= 11 is 0. The molecule has 4 aromatic rings. The molecule has 0 fully saturated rings. The molecular formula is C35H38FN3O4S. The van der Waals surface area contributed by atoms with Gasteiger partial charge in [0.05, 0.1) is 10.6 Å². The van der Waals surface area contributed by atoms with Gasteiger partial charge < -0.3 is 10.2 Å². The number of hydrogen-bond donors (Lipinski definition) is 1. The van der Waals surface area contributed by atoms with E-state index in [0.29, 0.717) is 17.8 Å². The Bertz CT molecular complexity index is 1650. The monoisotopic (exact) mass is 615 g/mol. The second-order valence-electron chi connectivity index (χ2n) is 11.2. The Balaban J connectivity index is 1.79. The number of carbonyl (C=O) groups excluding carboxylic acids is 2. The molecule has 44 heavy (non-hydrogen) atoms. The maximum absolute atomic E-state index is 14.4. The summed E-state index contributed by atoms with van der Waals surface area (Å²) in [7, 11) is -4.17. The van der Waals surface area contributed by atoms with Crippen molar-refractivity contribution in [3.05, 3.63) is 132 Å². The maximum Gasteiger partial charge on any atom is 0.264 e. The van der Waals surface area contributed by atoms with Gasteiger partial charge in [-0.15, -0.1) is 0 Å². The minimum Gasteiger partial charge on any atom is -0.354 e. The minimum atomic E-state index is -4.17. The van der Waals surface area contributed by atoms with Gasteiger partial charge >= 0.3 is 0 Å². The number of sulfonamides is 1. The van der Waals surface area contributed by atoms with Crippen LogP contribution in [0, 0.1) is 18.7 Å². The number of nitrogens with one attached hydrogen (secondary N) is 1. The third-order valence-corrected chi connectivity index (χ3v) is 8.91. The highest BCUT2D eigenvalue weighted by Gasteiger charge is 2.34. The lowest BCUT2D eigenvalue weighted by atomic mass is 10.0. The molecule has 9 heteroatoms. The number of amides is 2. The fourth-order valence-corrected chi connectivity index (χ4v) is 6.22. The van der Waals surface area contributed by atoms with E-state index >= 15 is 0 Å².